The lowest BCUT2D eigenvalue weighted by Gasteiger charge is -2.18. The van der Waals surface area contributed by atoms with E-state index in [0.717, 1.165) is 0 Å². The minimum absolute atomic E-state index is 0.0404. The molecule has 1 aromatic heterocycles. The van der Waals surface area contributed by atoms with Crippen LogP contribution in [0.15, 0.2) is 18.2 Å². The summed E-state index contributed by atoms with van der Waals surface area (Å²) in [6.07, 6.45) is -2.64. The third kappa shape index (κ3) is 3.50. The van der Waals surface area contributed by atoms with Crippen LogP contribution in [0.3, 0.4) is 0 Å². The second-order valence-corrected chi connectivity index (χ2v) is 5.34. The zero-order chi connectivity index (χ0) is 16.4. The number of hydrogen-bond donors (Lipinski definition) is 4. The van der Waals surface area contributed by atoms with Crippen molar-refractivity contribution in [3.05, 3.63) is 28.2 Å². The monoisotopic (exact) mass is 344 g/mol. The van der Waals surface area contributed by atoms with Crippen molar-refractivity contribution >= 4 is 35.0 Å². The Morgan fingerprint density at radius 2 is 1.82 bits per heavy atom. The number of halogens is 2. The summed E-state index contributed by atoms with van der Waals surface area (Å²) >= 11 is 11.9. The number of aliphatic hydroxyl groups is 2. The molecule has 7 nitrogen and oxygen atoms in total. The average molecular weight is 345 g/mol. The Bertz CT molecular complexity index is 697. The lowest BCUT2D eigenvalue weighted by molar-refractivity contribution is -0.0976. The zero-order valence-corrected chi connectivity index (χ0v) is 13.0. The van der Waals surface area contributed by atoms with Gasteiger partial charge in [-0.1, -0.05) is 29.3 Å². The van der Waals surface area contributed by atoms with Gasteiger partial charge in [-0.05, 0) is 24.6 Å². The van der Waals surface area contributed by atoms with Gasteiger partial charge in [0.05, 0.1) is 15.6 Å². The van der Waals surface area contributed by atoms with Gasteiger partial charge in [-0.2, -0.15) is 9.97 Å². The molecule has 118 valence electrons. The molecular weight excluding hydrogens is 331 g/mol. The number of nitrogen functional groups attached to an aromatic ring is 2. The van der Waals surface area contributed by atoms with E-state index >= 15 is 0 Å². The van der Waals surface area contributed by atoms with Crippen molar-refractivity contribution in [2.45, 2.75) is 19.3 Å². The van der Waals surface area contributed by atoms with Crippen LogP contribution in [0.25, 0.3) is 11.1 Å². The fourth-order valence-electron chi connectivity index (χ4n) is 1.69. The molecule has 0 saturated heterocycles. The third-order valence-corrected chi connectivity index (χ3v) is 3.51. The van der Waals surface area contributed by atoms with Gasteiger partial charge in [-0.3, -0.25) is 0 Å². The molecule has 0 aliphatic heterocycles. The number of rotatable bonds is 4. The Balaban J connectivity index is 2.55. The topological polar surface area (TPSA) is 128 Å². The SMILES string of the molecule is CC(O)[C@@H](O)Oc1nc(N)nc(N)c1-c1ccc(Cl)c(Cl)c1. The van der Waals surface area contributed by atoms with Gasteiger partial charge in [0.2, 0.25) is 18.1 Å². The second kappa shape index (κ2) is 6.53. The van der Waals surface area contributed by atoms with Crippen molar-refractivity contribution in [3.63, 3.8) is 0 Å². The van der Waals surface area contributed by atoms with E-state index in [1.54, 1.807) is 18.2 Å². The van der Waals surface area contributed by atoms with E-state index in [2.05, 4.69) is 9.97 Å². The standard InChI is InChI=1S/C13H14Cl2N4O3/c1-5(20)12(21)22-11-9(10(16)18-13(17)19-11)6-2-3-7(14)8(15)4-6/h2-5,12,20-21H,1H3,(H4,16,17,18,19)/t5?,12-/m0/s1. The average Bonchev–Trinajstić information content (AvgIpc) is 2.41. The van der Waals surface area contributed by atoms with Crippen molar-refractivity contribution in [1.82, 2.24) is 9.97 Å². The number of anilines is 2. The molecule has 2 rings (SSSR count). The molecule has 1 aromatic carbocycles. The molecular formula is C13H14Cl2N4O3. The smallest absolute Gasteiger partial charge is 0.230 e. The van der Waals surface area contributed by atoms with Gasteiger partial charge >= 0.3 is 0 Å². The van der Waals surface area contributed by atoms with E-state index in [0.29, 0.717) is 15.6 Å². The fourth-order valence-corrected chi connectivity index (χ4v) is 1.99. The summed E-state index contributed by atoms with van der Waals surface area (Å²) in [5, 5.41) is 19.7. The molecule has 0 bridgehead atoms. The summed E-state index contributed by atoms with van der Waals surface area (Å²) in [5.74, 6) is -0.162. The van der Waals surface area contributed by atoms with Crippen LogP contribution in [0.2, 0.25) is 10.0 Å². The first-order valence-corrected chi connectivity index (χ1v) is 6.96. The van der Waals surface area contributed by atoms with Crippen LogP contribution >= 0.6 is 23.2 Å². The number of nitrogens with zero attached hydrogens (tertiary/aromatic N) is 2. The molecule has 1 unspecified atom stereocenters. The fraction of sp³-hybridized carbons (Fsp3) is 0.231. The second-order valence-electron chi connectivity index (χ2n) is 4.53. The Labute approximate surface area is 136 Å². The molecule has 2 aromatic rings. The number of hydrogen-bond acceptors (Lipinski definition) is 7. The van der Waals surface area contributed by atoms with Crippen molar-refractivity contribution in [2.75, 3.05) is 11.5 Å². The molecule has 0 aliphatic rings. The lowest BCUT2D eigenvalue weighted by atomic mass is 10.1. The number of ether oxygens (including phenoxy) is 1. The van der Waals surface area contributed by atoms with E-state index < -0.39 is 12.4 Å². The minimum Gasteiger partial charge on any atom is -0.444 e. The molecule has 6 N–H and O–H groups in total. The molecule has 9 heteroatoms. The van der Waals surface area contributed by atoms with Crippen molar-refractivity contribution < 1.29 is 14.9 Å². The van der Waals surface area contributed by atoms with Crippen LogP contribution in [0.1, 0.15) is 6.92 Å². The predicted molar refractivity (Wildman–Crippen MR) is 84.6 cm³/mol. The predicted octanol–water partition coefficient (Wildman–Crippen LogP) is 1.69. The van der Waals surface area contributed by atoms with Gasteiger partial charge < -0.3 is 26.4 Å². The molecule has 0 saturated carbocycles. The van der Waals surface area contributed by atoms with E-state index in [4.69, 9.17) is 39.4 Å². The van der Waals surface area contributed by atoms with Crippen molar-refractivity contribution in [3.8, 4) is 17.0 Å². The summed E-state index contributed by atoms with van der Waals surface area (Å²) in [7, 11) is 0. The molecule has 0 radical (unpaired) electrons. The maximum Gasteiger partial charge on any atom is 0.230 e. The maximum atomic E-state index is 9.67. The largest absolute Gasteiger partial charge is 0.444 e. The Hall–Kier alpha value is -1.80. The van der Waals surface area contributed by atoms with E-state index in [1.165, 1.54) is 6.92 Å². The number of aliphatic hydroxyl groups excluding tert-OH is 2. The summed E-state index contributed by atoms with van der Waals surface area (Å²) < 4.78 is 5.21. The van der Waals surface area contributed by atoms with Crippen molar-refractivity contribution in [2.24, 2.45) is 0 Å². The molecule has 1 heterocycles. The van der Waals surface area contributed by atoms with Gasteiger partial charge in [-0.25, -0.2) is 0 Å². The zero-order valence-electron chi connectivity index (χ0n) is 11.5. The Morgan fingerprint density at radius 1 is 1.14 bits per heavy atom. The first kappa shape index (κ1) is 16.6. The van der Waals surface area contributed by atoms with Crippen LogP contribution in [0.4, 0.5) is 11.8 Å². The molecule has 2 atom stereocenters. The van der Waals surface area contributed by atoms with E-state index in [-0.39, 0.29) is 23.2 Å². The summed E-state index contributed by atoms with van der Waals surface area (Å²) in [6.45, 7) is 1.36. The van der Waals surface area contributed by atoms with Crippen LogP contribution in [0, 0.1) is 0 Å². The highest BCUT2D eigenvalue weighted by Gasteiger charge is 2.21. The molecule has 22 heavy (non-hydrogen) atoms. The van der Waals surface area contributed by atoms with Crippen LogP contribution in [0.5, 0.6) is 5.88 Å². The highest BCUT2D eigenvalue weighted by Crippen LogP contribution is 2.36. The quantitative estimate of drug-likeness (QED) is 0.621. The van der Waals surface area contributed by atoms with Crippen LogP contribution in [-0.2, 0) is 0 Å². The first-order valence-electron chi connectivity index (χ1n) is 6.20. The van der Waals surface area contributed by atoms with Crippen LogP contribution < -0.4 is 16.2 Å². The summed E-state index contributed by atoms with van der Waals surface area (Å²) in [6, 6.07) is 4.77. The normalized spacial score (nSPS) is 13.7. The van der Waals surface area contributed by atoms with Crippen molar-refractivity contribution in [1.29, 1.82) is 0 Å². The molecule has 0 spiro atoms. The van der Waals surface area contributed by atoms with E-state index in [1.807, 2.05) is 0 Å². The number of nitrogens with two attached hydrogens (primary N) is 2. The molecule has 0 amide bonds. The molecule has 0 aliphatic carbocycles. The Morgan fingerprint density at radius 3 is 2.41 bits per heavy atom. The Kier molecular flexibility index (Phi) is 4.92. The summed E-state index contributed by atoms with van der Waals surface area (Å²) in [5.41, 5.74) is 12.2. The van der Waals surface area contributed by atoms with Gasteiger partial charge in [0.1, 0.15) is 11.9 Å². The number of aromatic nitrogens is 2. The van der Waals surface area contributed by atoms with Gasteiger partial charge in [0.15, 0.2) is 0 Å². The maximum absolute atomic E-state index is 9.67. The lowest BCUT2D eigenvalue weighted by Crippen LogP contribution is -2.29. The van der Waals surface area contributed by atoms with Crippen LogP contribution in [-0.4, -0.2) is 32.6 Å². The number of benzene rings is 1. The third-order valence-electron chi connectivity index (χ3n) is 2.77. The highest BCUT2D eigenvalue weighted by atomic mass is 35.5. The van der Waals surface area contributed by atoms with Gasteiger partial charge in [0, 0.05) is 0 Å². The molecule has 0 fully saturated rings. The highest BCUT2D eigenvalue weighted by molar-refractivity contribution is 6.42. The van der Waals surface area contributed by atoms with E-state index in [9.17, 15) is 10.2 Å². The minimum atomic E-state index is -1.50. The first-order chi connectivity index (χ1) is 10.3. The van der Waals surface area contributed by atoms with Gasteiger partial charge in [-0.15, -0.1) is 0 Å². The van der Waals surface area contributed by atoms with Gasteiger partial charge in [0.25, 0.3) is 0 Å². The summed E-state index contributed by atoms with van der Waals surface area (Å²) in [4.78, 5) is 7.76.